The molecule has 1 aromatic heterocycles. The summed E-state index contributed by atoms with van der Waals surface area (Å²) in [7, 11) is 3.11. The van der Waals surface area contributed by atoms with Crippen LogP contribution in [-0.4, -0.2) is 40.1 Å². The lowest BCUT2D eigenvalue weighted by Gasteiger charge is -2.15. The topological polar surface area (TPSA) is 78.3 Å². The largest absolute Gasteiger partial charge is 0.497 e. The maximum Gasteiger partial charge on any atom is 0.237 e. The van der Waals surface area contributed by atoms with Gasteiger partial charge in [0.15, 0.2) is 11.0 Å². The van der Waals surface area contributed by atoms with Crippen LogP contribution in [0.3, 0.4) is 0 Å². The number of carbonyl (C=O) groups excluding carboxylic acids is 1. The minimum atomic E-state index is -0.480. The zero-order chi connectivity index (χ0) is 24.8. The fourth-order valence-electron chi connectivity index (χ4n) is 3.43. The first-order valence-electron chi connectivity index (χ1n) is 10.9. The molecule has 35 heavy (non-hydrogen) atoms. The van der Waals surface area contributed by atoms with Crippen molar-refractivity contribution < 1.29 is 18.7 Å². The number of hydrogen-bond donors (Lipinski definition) is 1. The maximum absolute atomic E-state index is 13.5. The number of benzene rings is 3. The molecule has 1 unspecified atom stereocenters. The number of rotatable bonds is 9. The van der Waals surface area contributed by atoms with Crippen LogP contribution in [0.4, 0.5) is 10.1 Å². The summed E-state index contributed by atoms with van der Waals surface area (Å²) in [6, 6.07) is 21.2. The van der Waals surface area contributed by atoms with Crippen molar-refractivity contribution in [2.75, 3.05) is 19.5 Å². The molecule has 1 atom stereocenters. The van der Waals surface area contributed by atoms with Crippen LogP contribution in [0.15, 0.2) is 78.0 Å². The number of methoxy groups -OCH3 is 2. The highest BCUT2D eigenvalue weighted by Gasteiger charge is 2.22. The van der Waals surface area contributed by atoms with Crippen LogP contribution >= 0.6 is 11.8 Å². The molecule has 4 rings (SSSR count). The molecule has 0 aliphatic rings. The molecule has 0 saturated carbocycles. The zero-order valence-corrected chi connectivity index (χ0v) is 20.4. The smallest absolute Gasteiger partial charge is 0.237 e. The maximum atomic E-state index is 13.5. The molecule has 3 aromatic carbocycles. The average Bonchev–Trinajstić information content (AvgIpc) is 3.26. The quantitative estimate of drug-likeness (QED) is 0.321. The third-order valence-electron chi connectivity index (χ3n) is 5.27. The van der Waals surface area contributed by atoms with Crippen LogP contribution in [0.5, 0.6) is 11.5 Å². The molecule has 4 aromatic rings. The Morgan fingerprint density at radius 1 is 1.00 bits per heavy atom. The number of nitrogens with one attached hydrogen (secondary N) is 1. The molecule has 0 saturated heterocycles. The standard InChI is InChI=1S/C26H25FN4O3S/c1-17(25(32)28-21-13-22(33-2)15-23(14-21)34-3)35-26-30-29-24(19-9-11-20(27)12-10-19)31(26)16-18-7-5-4-6-8-18/h4-15,17H,16H2,1-3H3,(H,28,32). The fourth-order valence-corrected chi connectivity index (χ4v) is 4.28. The van der Waals surface area contributed by atoms with E-state index in [0.29, 0.717) is 34.7 Å². The Kier molecular flexibility index (Phi) is 7.67. The van der Waals surface area contributed by atoms with Gasteiger partial charge in [-0.05, 0) is 36.8 Å². The summed E-state index contributed by atoms with van der Waals surface area (Å²) in [6.45, 7) is 2.31. The second-order valence-corrected chi connectivity index (χ2v) is 9.04. The van der Waals surface area contributed by atoms with Gasteiger partial charge in [-0.25, -0.2) is 4.39 Å². The van der Waals surface area contributed by atoms with Crippen molar-refractivity contribution in [2.45, 2.75) is 23.9 Å². The average molecular weight is 493 g/mol. The van der Waals surface area contributed by atoms with E-state index < -0.39 is 5.25 Å². The predicted molar refractivity (Wildman–Crippen MR) is 134 cm³/mol. The van der Waals surface area contributed by atoms with Gasteiger partial charge in [-0.15, -0.1) is 10.2 Å². The van der Waals surface area contributed by atoms with Crippen molar-refractivity contribution in [3.05, 3.63) is 84.2 Å². The summed E-state index contributed by atoms with van der Waals surface area (Å²) in [6.07, 6.45) is 0. The monoisotopic (exact) mass is 492 g/mol. The van der Waals surface area contributed by atoms with Crippen LogP contribution in [-0.2, 0) is 11.3 Å². The van der Waals surface area contributed by atoms with Gasteiger partial charge in [0.1, 0.15) is 17.3 Å². The summed E-state index contributed by atoms with van der Waals surface area (Å²) < 4.78 is 26.0. The van der Waals surface area contributed by atoms with E-state index in [-0.39, 0.29) is 11.7 Å². The van der Waals surface area contributed by atoms with Crippen LogP contribution in [0.1, 0.15) is 12.5 Å². The van der Waals surface area contributed by atoms with E-state index in [1.165, 1.54) is 23.9 Å². The number of anilines is 1. The second kappa shape index (κ2) is 11.1. The van der Waals surface area contributed by atoms with Gasteiger partial charge in [0, 0.05) is 29.4 Å². The molecule has 0 bridgehead atoms. The molecular formula is C26H25FN4O3S. The summed E-state index contributed by atoms with van der Waals surface area (Å²) in [5, 5.41) is 11.7. The van der Waals surface area contributed by atoms with E-state index in [9.17, 15) is 9.18 Å². The Bertz CT molecular complexity index is 1270. The lowest BCUT2D eigenvalue weighted by molar-refractivity contribution is -0.115. The molecule has 1 amide bonds. The Hall–Kier alpha value is -3.85. The second-order valence-electron chi connectivity index (χ2n) is 7.74. The summed E-state index contributed by atoms with van der Waals surface area (Å²) in [5.74, 6) is 1.22. The molecule has 0 aliphatic carbocycles. The van der Waals surface area contributed by atoms with Gasteiger partial charge >= 0.3 is 0 Å². The highest BCUT2D eigenvalue weighted by Crippen LogP contribution is 2.30. The third-order valence-corrected chi connectivity index (χ3v) is 6.35. The van der Waals surface area contributed by atoms with Crippen molar-refractivity contribution in [1.82, 2.24) is 14.8 Å². The molecule has 0 spiro atoms. The Morgan fingerprint density at radius 2 is 1.66 bits per heavy atom. The number of aromatic nitrogens is 3. The van der Waals surface area contributed by atoms with E-state index >= 15 is 0 Å². The van der Waals surface area contributed by atoms with E-state index in [0.717, 1.165) is 11.1 Å². The fraction of sp³-hybridized carbons (Fsp3) is 0.192. The van der Waals surface area contributed by atoms with Crippen molar-refractivity contribution >= 4 is 23.4 Å². The molecule has 180 valence electrons. The molecule has 0 radical (unpaired) electrons. The Morgan fingerprint density at radius 3 is 2.29 bits per heavy atom. The first kappa shape index (κ1) is 24.3. The summed E-state index contributed by atoms with van der Waals surface area (Å²) in [5.41, 5.74) is 2.36. The van der Waals surface area contributed by atoms with E-state index in [4.69, 9.17) is 9.47 Å². The number of halogens is 1. The minimum absolute atomic E-state index is 0.206. The number of carbonyl (C=O) groups is 1. The zero-order valence-electron chi connectivity index (χ0n) is 19.6. The van der Waals surface area contributed by atoms with Gasteiger partial charge in [-0.3, -0.25) is 9.36 Å². The van der Waals surface area contributed by atoms with Crippen molar-refractivity contribution in [1.29, 1.82) is 0 Å². The molecule has 1 heterocycles. The number of hydrogen-bond acceptors (Lipinski definition) is 6. The molecule has 0 fully saturated rings. The first-order chi connectivity index (χ1) is 17.0. The number of ether oxygens (including phenoxy) is 2. The summed E-state index contributed by atoms with van der Waals surface area (Å²) in [4.78, 5) is 13.0. The Labute approximate surface area is 207 Å². The molecule has 0 aliphatic heterocycles. The number of amides is 1. The third kappa shape index (κ3) is 5.99. The van der Waals surface area contributed by atoms with Gasteiger partial charge in [0.25, 0.3) is 0 Å². The number of nitrogens with zero attached hydrogens (tertiary/aromatic N) is 3. The van der Waals surface area contributed by atoms with Crippen LogP contribution in [0, 0.1) is 5.82 Å². The van der Waals surface area contributed by atoms with Crippen molar-refractivity contribution in [3.63, 3.8) is 0 Å². The van der Waals surface area contributed by atoms with Gasteiger partial charge in [-0.2, -0.15) is 0 Å². The van der Waals surface area contributed by atoms with Gasteiger partial charge < -0.3 is 14.8 Å². The normalized spacial score (nSPS) is 11.7. The van der Waals surface area contributed by atoms with Crippen LogP contribution in [0.25, 0.3) is 11.4 Å². The van der Waals surface area contributed by atoms with Gasteiger partial charge in [0.2, 0.25) is 5.91 Å². The van der Waals surface area contributed by atoms with E-state index in [1.54, 1.807) is 51.5 Å². The summed E-state index contributed by atoms with van der Waals surface area (Å²) >= 11 is 1.30. The highest BCUT2D eigenvalue weighted by atomic mass is 32.2. The van der Waals surface area contributed by atoms with Gasteiger partial charge in [-0.1, -0.05) is 42.1 Å². The van der Waals surface area contributed by atoms with E-state index in [2.05, 4.69) is 15.5 Å². The highest BCUT2D eigenvalue weighted by molar-refractivity contribution is 8.00. The molecule has 9 heteroatoms. The lowest BCUT2D eigenvalue weighted by atomic mass is 10.2. The van der Waals surface area contributed by atoms with Crippen LogP contribution in [0.2, 0.25) is 0 Å². The van der Waals surface area contributed by atoms with Crippen LogP contribution < -0.4 is 14.8 Å². The van der Waals surface area contributed by atoms with Crippen molar-refractivity contribution in [3.8, 4) is 22.9 Å². The SMILES string of the molecule is COc1cc(NC(=O)C(C)Sc2nnc(-c3ccc(F)cc3)n2Cc2ccccc2)cc(OC)c1. The van der Waals surface area contributed by atoms with Gasteiger partial charge in [0.05, 0.1) is 26.0 Å². The predicted octanol–water partition coefficient (Wildman–Crippen LogP) is 5.27. The Balaban J connectivity index is 1.58. The lowest BCUT2D eigenvalue weighted by Crippen LogP contribution is -2.23. The molecule has 7 nitrogen and oxygen atoms in total. The van der Waals surface area contributed by atoms with E-state index in [1.807, 2.05) is 34.9 Å². The minimum Gasteiger partial charge on any atom is -0.497 e. The first-order valence-corrected chi connectivity index (χ1v) is 11.8. The molecular weight excluding hydrogens is 467 g/mol. The number of thioether (sulfide) groups is 1. The van der Waals surface area contributed by atoms with Crippen molar-refractivity contribution in [2.24, 2.45) is 0 Å². The molecule has 1 N–H and O–H groups in total.